The molecule has 0 aliphatic heterocycles. The first-order valence-corrected chi connectivity index (χ1v) is 8.70. The Morgan fingerprint density at radius 2 is 1.74 bits per heavy atom. The first kappa shape index (κ1) is 18.4. The number of nitrogens with one attached hydrogen (secondary N) is 1. The second-order valence-electron chi connectivity index (χ2n) is 6.42. The van der Waals surface area contributed by atoms with E-state index in [1.54, 1.807) is 24.3 Å². The van der Waals surface area contributed by atoms with Crippen molar-refractivity contribution in [1.29, 1.82) is 0 Å². The number of carbonyl (C=O) groups is 1. The van der Waals surface area contributed by atoms with E-state index >= 15 is 0 Å². The summed E-state index contributed by atoms with van der Waals surface area (Å²) in [6, 6.07) is 18.0. The van der Waals surface area contributed by atoms with Crippen LogP contribution in [0.2, 0.25) is 0 Å². The number of benzene rings is 2. The van der Waals surface area contributed by atoms with E-state index < -0.39 is 0 Å². The van der Waals surface area contributed by atoms with Gasteiger partial charge in [0.15, 0.2) is 0 Å². The Labute approximate surface area is 157 Å². The molecular weight excluding hydrogens is 342 g/mol. The molecule has 0 fully saturated rings. The average molecular weight is 363 g/mol. The summed E-state index contributed by atoms with van der Waals surface area (Å²) in [5.74, 6) is 1.28. The number of hydrogen-bond donors (Lipinski definition) is 1. The van der Waals surface area contributed by atoms with Crippen LogP contribution in [0.1, 0.15) is 25.5 Å². The normalized spacial score (nSPS) is 10.6. The highest BCUT2D eigenvalue weighted by Crippen LogP contribution is 2.22. The standard InChI is InChI=1S/C21H21N3O3/c1-15(2)19-12-21(26)24(14-22-19)13-20(25)23-16-8-10-18(11-9-16)27-17-6-4-3-5-7-17/h3-12,14-15H,13H2,1-2H3,(H,23,25). The van der Waals surface area contributed by atoms with Crippen molar-refractivity contribution in [1.82, 2.24) is 9.55 Å². The highest BCUT2D eigenvalue weighted by atomic mass is 16.5. The van der Waals surface area contributed by atoms with Crippen LogP contribution in [0, 0.1) is 0 Å². The van der Waals surface area contributed by atoms with Gasteiger partial charge in [-0.1, -0.05) is 32.0 Å². The lowest BCUT2D eigenvalue weighted by atomic mass is 10.1. The van der Waals surface area contributed by atoms with E-state index in [0.717, 1.165) is 5.75 Å². The second-order valence-corrected chi connectivity index (χ2v) is 6.42. The van der Waals surface area contributed by atoms with Crippen LogP contribution in [0.5, 0.6) is 11.5 Å². The van der Waals surface area contributed by atoms with E-state index in [1.807, 2.05) is 44.2 Å². The molecule has 0 bridgehead atoms. The molecule has 2 aromatic carbocycles. The molecular formula is C21H21N3O3. The number of amides is 1. The molecule has 27 heavy (non-hydrogen) atoms. The summed E-state index contributed by atoms with van der Waals surface area (Å²) in [5, 5.41) is 2.76. The summed E-state index contributed by atoms with van der Waals surface area (Å²) in [6.45, 7) is 3.83. The van der Waals surface area contributed by atoms with Crippen LogP contribution in [-0.2, 0) is 11.3 Å². The Kier molecular flexibility index (Phi) is 5.66. The molecule has 0 atom stereocenters. The van der Waals surface area contributed by atoms with E-state index in [9.17, 15) is 9.59 Å². The molecule has 0 saturated heterocycles. The molecule has 0 aliphatic carbocycles. The fraction of sp³-hybridized carbons (Fsp3) is 0.190. The lowest BCUT2D eigenvalue weighted by Crippen LogP contribution is -2.28. The average Bonchev–Trinajstić information content (AvgIpc) is 2.65. The van der Waals surface area contributed by atoms with Crippen molar-refractivity contribution in [3.63, 3.8) is 0 Å². The third kappa shape index (κ3) is 5.04. The molecule has 6 heteroatoms. The first-order chi connectivity index (χ1) is 13.0. The molecule has 1 heterocycles. The zero-order chi connectivity index (χ0) is 19.2. The zero-order valence-electron chi connectivity index (χ0n) is 15.3. The molecule has 1 N–H and O–H groups in total. The van der Waals surface area contributed by atoms with Gasteiger partial charge in [0.25, 0.3) is 5.56 Å². The highest BCUT2D eigenvalue weighted by molar-refractivity contribution is 5.90. The Morgan fingerprint density at radius 3 is 2.37 bits per heavy atom. The van der Waals surface area contributed by atoms with Crippen LogP contribution in [0.4, 0.5) is 5.69 Å². The number of para-hydroxylation sites is 1. The second kappa shape index (κ2) is 8.31. The van der Waals surface area contributed by atoms with E-state index in [2.05, 4.69) is 10.3 Å². The largest absolute Gasteiger partial charge is 0.457 e. The van der Waals surface area contributed by atoms with Gasteiger partial charge in [-0.25, -0.2) is 4.98 Å². The highest BCUT2D eigenvalue weighted by Gasteiger charge is 2.08. The van der Waals surface area contributed by atoms with Gasteiger partial charge in [-0.05, 0) is 42.3 Å². The maximum Gasteiger partial charge on any atom is 0.254 e. The van der Waals surface area contributed by atoms with Crippen molar-refractivity contribution in [2.45, 2.75) is 26.3 Å². The Bertz CT molecular complexity index is 964. The fourth-order valence-corrected chi connectivity index (χ4v) is 2.46. The summed E-state index contributed by atoms with van der Waals surface area (Å²) in [7, 11) is 0. The molecule has 1 amide bonds. The molecule has 0 unspecified atom stereocenters. The van der Waals surface area contributed by atoms with Gasteiger partial charge < -0.3 is 10.1 Å². The summed E-state index contributed by atoms with van der Waals surface area (Å²) in [6.07, 6.45) is 1.41. The molecule has 0 spiro atoms. The van der Waals surface area contributed by atoms with Crippen molar-refractivity contribution in [2.24, 2.45) is 0 Å². The number of nitrogens with zero attached hydrogens (tertiary/aromatic N) is 2. The van der Waals surface area contributed by atoms with Gasteiger partial charge in [0.05, 0.1) is 12.0 Å². The quantitative estimate of drug-likeness (QED) is 0.723. The molecule has 6 nitrogen and oxygen atoms in total. The van der Waals surface area contributed by atoms with Crippen molar-refractivity contribution in [3.8, 4) is 11.5 Å². The molecule has 3 aromatic rings. The molecule has 1 aromatic heterocycles. The lowest BCUT2D eigenvalue weighted by molar-refractivity contribution is -0.116. The molecule has 3 rings (SSSR count). The van der Waals surface area contributed by atoms with Gasteiger partial charge in [-0.15, -0.1) is 0 Å². The predicted molar refractivity (Wildman–Crippen MR) is 104 cm³/mol. The predicted octanol–water partition coefficient (Wildman–Crippen LogP) is 3.80. The number of ether oxygens (including phenoxy) is 1. The minimum atomic E-state index is -0.298. The van der Waals surface area contributed by atoms with Crippen LogP contribution < -0.4 is 15.6 Å². The summed E-state index contributed by atoms with van der Waals surface area (Å²) < 4.78 is 7.00. The number of hydrogen-bond acceptors (Lipinski definition) is 4. The Hall–Kier alpha value is -3.41. The van der Waals surface area contributed by atoms with Gasteiger partial charge in [0, 0.05) is 11.8 Å². The van der Waals surface area contributed by atoms with Crippen molar-refractivity contribution in [3.05, 3.63) is 83.0 Å². The maximum absolute atomic E-state index is 12.2. The topological polar surface area (TPSA) is 73.2 Å². The number of anilines is 1. The fourth-order valence-electron chi connectivity index (χ4n) is 2.46. The van der Waals surface area contributed by atoms with Crippen LogP contribution in [-0.4, -0.2) is 15.5 Å². The first-order valence-electron chi connectivity index (χ1n) is 8.70. The summed E-state index contributed by atoms with van der Waals surface area (Å²) in [4.78, 5) is 28.5. The Balaban J connectivity index is 1.60. The summed E-state index contributed by atoms with van der Waals surface area (Å²) in [5.41, 5.74) is 1.10. The smallest absolute Gasteiger partial charge is 0.254 e. The van der Waals surface area contributed by atoms with Crippen molar-refractivity contribution >= 4 is 11.6 Å². The summed E-state index contributed by atoms with van der Waals surface area (Å²) >= 11 is 0. The van der Waals surface area contributed by atoms with Crippen LogP contribution >= 0.6 is 0 Å². The van der Waals surface area contributed by atoms with E-state index in [-0.39, 0.29) is 23.9 Å². The van der Waals surface area contributed by atoms with Gasteiger partial charge in [-0.3, -0.25) is 14.2 Å². The van der Waals surface area contributed by atoms with Gasteiger partial charge in [0.2, 0.25) is 5.91 Å². The third-order valence-corrected chi connectivity index (χ3v) is 3.92. The van der Waals surface area contributed by atoms with Crippen molar-refractivity contribution < 1.29 is 9.53 Å². The van der Waals surface area contributed by atoms with E-state index in [4.69, 9.17) is 4.74 Å². The molecule has 0 aliphatic rings. The molecule has 0 radical (unpaired) electrons. The van der Waals surface area contributed by atoms with E-state index in [1.165, 1.54) is 17.0 Å². The van der Waals surface area contributed by atoms with Crippen molar-refractivity contribution in [2.75, 3.05) is 5.32 Å². The van der Waals surface area contributed by atoms with Crippen LogP contribution in [0.25, 0.3) is 0 Å². The van der Waals surface area contributed by atoms with Gasteiger partial charge >= 0.3 is 0 Å². The number of carbonyl (C=O) groups excluding carboxylic acids is 1. The zero-order valence-corrected chi connectivity index (χ0v) is 15.3. The van der Waals surface area contributed by atoms with Crippen LogP contribution in [0.15, 0.2) is 71.8 Å². The van der Waals surface area contributed by atoms with E-state index in [0.29, 0.717) is 17.1 Å². The minimum Gasteiger partial charge on any atom is -0.457 e. The number of aromatic nitrogens is 2. The lowest BCUT2D eigenvalue weighted by Gasteiger charge is -2.10. The third-order valence-electron chi connectivity index (χ3n) is 3.92. The van der Waals surface area contributed by atoms with Gasteiger partial charge in [-0.2, -0.15) is 0 Å². The number of rotatable bonds is 6. The Morgan fingerprint density at radius 1 is 1.07 bits per heavy atom. The molecule has 0 saturated carbocycles. The minimum absolute atomic E-state index is 0.0908. The van der Waals surface area contributed by atoms with Gasteiger partial charge in [0.1, 0.15) is 18.0 Å². The monoisotopic (exact) mass is 363 g/mol. The SMILES string of the molecule is CC(C)c1cc(=O)n(CC(=O)Nc2ccc(Oc3ccccc3)cc2)cn1. The van der Waals surface area contributed by atoms with Crippen LogP contribution in [0.3, 0.4) is 0 Å². The maximum atomic E-state index is 12.2. The molecule has 138 valence electrons.